The van der Waals surface area contributed by atoms with Crippen molar-refractivity contribution in [3.8, 4) is 5.75 Å². The largest absolute Gasteiger partial charge is 0.494 e. The molecule has 2 amide bonds. The second kappa shape index (κ2) is 14.2. The molecule has 0 aliphatic carbocycles. The van der Waals surface area contributed by atoms with Gasteiger partial charge in [-0.3, -0.25) is 13.9 Å². The summed E-state index contributed by atoms with van der Waals surface area (Å²) in [5.74, 6) is 0.304. The Morgan fingerprint density at radius 1 is 0.974 bits per heavy atom. The molecule has 0 aliphatic rings. The van der Waals surface area contributed by atoms with Gasteiger partial charge in [0.2, 0.25) is 21.8 Å². The number of hydrogen-bond donors (Lipinski definition) is 1. The summed E-state index contributed by atoms with van der Waals surface area (Å²) in [6, 6.07) is 16.1. The van der Waals surface area contributed by atoms with Gasteiger partial charge in [-0.05, 0) is 76.8 Å². The van der Waals surface area contributed by atoms with E-state index in [1.807, 2.05) is 65.0 Å². The van der Waals surface area contributed by atoms with Crippen LogP contribution in [0.2, 0.25) is 0 Å². The zero-order valence-electron chi connectivity index (χ0n) is 23.6. The van der Waals surface area contributed by atoms with Gasteiger partial charge in [-0.2, -0.15) is 0 Å². The number of carbonyl (C=O) groups is 2. The average molecular weight is 546 g/mol. The predicted octanol–water partition coefficient (Wildman–Crippen LogP) is 4.40. The maximum Gasteiger partial charge on any atom is 0.243 e. The Kier molecular flexibility index (Phi) is 11.6. The summed E-state index contributed by atoms with van der Waals surface area (Å²) >= 11 is 0. The number of amides is 2. The molecule has 0 fully saturated rings. The Labute approximate surface area is 228 Å². The van der Waals surface area contributed by atoms with Crippen molar-refractivity contribution in [3.63, 3.8) is 0 Å². The Morgan fingerprint density at radius 3 is 2.13 bits per heavy atom. The van der Waals surface area contributed by atoms with E-state index in [1.54, 1.807) is 29.2 Å². The fraction of sp³-hybridized carbons (Fsp3) is 0.517. The van der Waals surface area contributed by atoms with Gasteiger partial charge in [0, 0.05) is 25.0 Å². The van der Waals surface area contributed by atoms with Gasteiger partial charge in [0.15, 0.2) is 0 Å². The van der Waals surface area contributed by atoms with Crippen molar-refractivity contribution >= 4 is 27.5 Å². The highest BCUT2D eigenvalue weighted by molar-refractivity contribution is 7.92. The minimum atomic E-state index is -3.56. The molecule has 0 radical (unpaired) electrons. The lowest BCUT2D eigenvalue weighted by molar-refractivity contribution is -0.141. The third kappa shape index (κ3) is 10.0. The quantitative estimate of drug-likeness (QED) is 0.380. The number of hydrogen-bond acceptors (Lipinski definition) is 5. The predicted molar refractivity (Wildman–Crippen MR) is 153 cm³/mol. The van der Waals surface area contributed by atoms with E-state index in [0.717, 1.165) is 11.8 Å². The van der Waals surface area contributed by atoms with Crippen molar-refractivity contribution in [2.24, 2.45) is 0 Å². The third-order valence-electron chi connectivity index (χ3n) is 5.96. The second-order valence-electron chi connectivity index (χ2n) is 10.4. The minimum Gasteiger partial charge on any atom is -0.494 e. The van der Waals surface area contributed by atoms with E-state index in [0.29, 0.717) is 43.9 Å². The van der Waals surface area contributed by atoms with Crippen LogP contribution in [0.3, 0.4) is 0 Å². The smallest absolute Gasteiger partial charge is 0.243 e. The first-order chi connectivity index (χ1) is 17.9. The Bertz CT molecular complexity index is 1130. The van der Waals surface area contributed by atoms with Gasteiger partial charge in [-0.15, -0.1) is 0 Å². The van der Waals surface area contributed by atoms with Crippen LogP contribution in [0.1, 0.15) is 59.4 Å². The zero-order chi connectivity index (χ0) is 28.3. The highest BCUT2D eigenvalue weighted by Crippen LogP contribution is 2.22. The average Bonchev–Trinajstić information content (AvgIpc) is 2.84. The van der Waals surface area contributed by atoms with Gasteiger partial charge in [-0.25, -0.2) is 8.42 Å². The van der Waals surface area contributed by atoms with Crippen molar-refractivity contribution in [3.05, 3.63) is 60.2 Å². The van der Waals surface area contributed by atoms with Crippen LogP contribution in [0.5, 0.6) is 5.75 Å². The van der Waals surface area contributed by atoms with E-state index < -0.39 is 21.6 Å². The topological polar surface area (TPSA) is 96.0 Å². The van der Waals surface area contributed by atoms with Crippen LogP contribution in [0.4, 0.5) is 5.69 Å². The summed E-state index contributed by atoms with van der Waals surface area (Å²) in [7, 11) is -3.56. The summed E-state index contributed by atoms with van der Waals surface area (Å²) in [5.41, 5.74) is 1.17. The SMILES string of the molecule is CCOc1ccc(N(CCCC(=O)N(CCc2ccccc2)C(CC)C(=O)NC(C)(C)C)S(C)(=O)=O)cc1. The van der Waals surface area contributed by atoms with Crippen molar-refractivity contribution in [2.45, 2.75) is 71.9 Å². The van der Waals surface area contributed by atoms with Crippen LogP contribution in [0, 0.1) is 0 Å². The Morgan fingerprint density at radius 2 is 1.61 bits per heavy atom. The number of sulfonamides is 1. The van der Waals surface area contributed by atoms with Crippen LogP contribution < -0.4 is 14.4 Å². The lowest BCUT2D eigenvalue weighted by Gasteiger charge is -2.33. The monoisotopic (exact) mass is 545 g/mol. The molecular weight excluding hydrogens is 502 g/mol. The number of ether oxygens (including phenoxy) is 1. The van der Waals surface area contributed by atoms with Gasteiger partial charge in [0.1, 0.15) is 11.8 Å². The molecule has 8 nitrogen and oxygen atoms in total. The van der Waals surface area contributed by atoms with Gasteiger partial charge in [0.25, 0.3) is 0 Å². The number of carbonyl (C=O) groups excluding carboxylic acids is 2. The fourth-order valence-corrected chi connectivity index (χ4v) is 5.19. The number of rotatable bonds is 14. The van der Waals surface area contributed by atoms with Crippen LogP contribution >= 0.6 is 0 Å². The number of benzene rings is 2. The first-order valence-electron chi connectivity index (χ1n) is 13.2. The molecule has 0 spiro atoms. The second-order valence-corrected chi connectivity index (χ2v) is 12.3. The molecule has 9 heteroatoms. The summed E-state index contributed by atoms with van der Waals surface area (Å²) in [5, 5.41) is 3.00. The van der Waals surface area contributed by atoms with Gasteiger partial charge in [-0.1, -0.05) is 37.3 Å². The zero-order valence-corrected chi connectivity index (χ0v) is 24.4. The van der Waals surface area contributed by atoms with Crippen LogP contribution in [-0.2, 0) is 26.0 Å². The van der Waals surface area contributed by atoms with E-state index in [2.05, 4.69) is 5.32 Å². The molecule has 38 heavy (non-hydrogen) atoms. The molecule has 1 atom stereocenters. The summed E-state index contributed by atoms with van der Waals surface area (Å²) in [4.78, 5) is 28.2. The molecule has 1 N–H and O–H groups in total. The molecule has 0 aromatic heterocycles. The summed E-state index contributed by atoms with van der Waals surface area (Å²) in [6.07, 6.45) is 2.69. The third-order valence-corrected chi connectivity index (χ3v) is 7.15. The Balaban J connectivity index is 2.17. The fourth-order valence-electron chi connectivity index (χ4n) is 4.23. The highest BCUT2D eigenvalue weighted by atomic mass is 32.2. The van der Waals surface area contributed by atoms with Gasteiger partial charge in [0.05, 0.1) is 18.6 Å². The Hall–Kier alpha value is -3.07. The first kappa shape index (κ1) is 31.1. The van der Waals surface area contributed by atoms with E-state index in [-0.39, 0.29) is 24.8 Å². The number of nitrogens with zero attached hydrogens (tertiary/aromatic N) is 2. The number of anilines is 1. The van der Waals surface area contributed by atoms with Crippen molar-refractivity contribution < 1.29 is 22.7 Å². The summed E-state index contributed by atoms with van der Waals surface area (Å²) in [6.45, 7) is 10.6. The minimum absolute atomic E-state index is 0.122. The van der Waals surface area contributed by atoms with Crippen molar-refractivity contribution in [1.82, 2.24) is 10.2 Å². The molecule has 2 aromatic rings. The van der Waals surface area contributed by atoms with Crippen molar-refractivity contribution in [1.29, 1.82) is 0 Å². The molecule has 1 unspecified atom stereocenters. The lowest BCUT2D eigenvalue weighted by Crippen LogP contribution is -2.54. The van der Waals surface area contributed by atoms with Gasteiger partial charge < -0.3 is 15.0 Å². The number of nitrogens with one attached hydrogen (secondary N) is 1. The maximum atomic E-state index is 13.5. The lowest BCUT2D eigenvalue weighted by atomic mass is 10.0. The summed E-state index contributed by atoms with van der Waals surface area (Å²) < 4.78 is 31.8. The first-order valence-corrected chi connectivity index (χ1v) is 15.1. The molecule has 2 rings (SSSR count). The molecule has 0 saturated carbocycles. The van der Waals surface area contributed by atoms with Crippen LogP contribution in [0.15, 0.2) is 54.6 Å². The standard InChI is InChI=1S/C29H43N3O5S/c1-7-26(28(34)30-29(3,4)5)31(22-20-23-13-10-9-11-14-23)27(33)15-12-21-32(38(6,35)36)24-16-18-25(19-17-24)37-8-2/h9-11,13-14,16-19,26H,7-8,12,15,20-22H2,1-6H3,(H,30,34). The van der Waals surface area contributed by atoms with E-state index in [9.17, 15) is 18.0 Å². The molecular formula is C29H43N3O5S. The molecule has 0 bridgehead atoms. The van der Waals surface area contributed by atoms with E-state index in [4.69, 9.17) is 4.74 Å². The van der Waals surface area contributed by atoms with Crippen LogP contribution in [-0.4, -0.2) is 62.7 Å². The van der Waals surface area contributed by atoms with E-state index >= 15 is 0 Å². The molecule has 0 saturated heterocycles. The highest BCUT2D eigenvalue weighted by Gasteiger charge is 2.30. The van der Waals surface area contributed by atoms with Gasteiger partial charge >= 0.3 is 0 Å². The molecule has 210 valence electrons. The van der Waals surface area contributed by atoms with Crippen molar-refractivity contribution in [2.75, 3.05) is 30.3 Å². The molecule has 0 aliphatic heterocycles. The molecule has 0 heterocycles. The maximum absolute atomic E-state index is 13.5. The molecule has 2 aromatic carbocycles. The van der Waals surface area contributed by atoms with E-state index in [1.165, 1.54) is 4.31 Å². The van der Waals surface area contributed by atoms with Crippen LogP contribution in [0.25, 0.3) is 0 Å². The normalized spacial score (nSPS) is 12.5.